The van der Waals surface area contributed by atoms with Crippen molar-refractivity contribution in [3.63, 3.8) is 0 Å². The molecule has 0 spiro atoms. The van der Waals surface area contributed by atoms with Crippen LogP contribution in [0.4, 0.5) is 4.79 Å². The average Bonchev–Trinajstić information content (AvgIpc) is 3.00. The molecule has 0 radical (unpaired) electrons. The molecule has 0 fully saturated rings. The highest BCUT2D eigenvalue weighted by atomic mass is 32.1. The van der Waals surface area contributed by atoms with Crippen molar-refractivity contribution >= 4 is 17.4 Å². The quantitative estimate of drug-likeness (QED) is 0.824. The lowest BCUT2D eigenvalue weighted by molar-refractivity contribution is 0.207. The van der Waals surface area contributed by atoms with Crippen LogP contribution in [-0.2, 0) is 13.0 Å². The van der Waals surface area contributed by atoms with Gasteiger partial charge in [0.1, 0.15) is 16.9 Å². The van der Waals surface area contributed by atoms with E-state index in [-0.39, 0.29) is 12.1 Å². The molecule has 0 bridgehead atoms. The first kappa shape index (κ1) is 16.3. The first-order chi connectivity index (χ1) is 10.7. The number of carbonyl (C=O) groups excluding carboxylic acids is 1. The number of hydrogen-bond acceptors (Lipinski definition) is 4. The van der Waals surface area contributed by atoms with E-state index in [1.54, 1.807) is 11.3 Å². The summed E-state index contributed by atoms with van der Waals surface area (Å²) in [5.41, 5.74) is 0. The van der Waals surface area contributed by atoms with Crippen LogP contribution in [0.1, 0.15) is 23.7 Å². The van der Waals surface area contributed by atoms with Crippen LogP contribution in [-0.4, -0.2) is 23.7 Å². The number of aromatic nitrogens is 1. The molecular weight excluding hydrogens is 298 g/mol. The van der Waals surface area contributed by atoms with Gasteiger partial charge in [0.05, 0.1) is 13.1 Å². The monoisotopic (exact) mass is 319 g/mol. The molecule has 0 aliphatic rings. The highest BCUT2D eigenvalue weighted by Gasteiger charge is 2.07. The van der Waals surface area contributed by atoms with Crippen molar-refractivity contribution in [3.05, 3.63) is 46.4 Å². The van der Waals surface area contributed by atoms with Gasteiger partial charge in [-0.05, 0) is 25.5 Å². The van der Waals surface area contributed by atoms with Crippen molar-refractivity contribution < 1.29 is 9.53 Å². The predicted octanol–water partition coefficient (Wildman–Crippen LogP) is 2.97. The molecule has 1 heterocycles. The maximum absolute atomic E-state index is 11.7. The molecule has 6 heteroatoms. The number of carbonyl (C=O) groups is 1. The zero-order valence-corrected chi connectivity index (χ0v) is 13.7. The molecule has 2 N–H and O–H groups in total. The standard InChI is InChI=1S/C16H21N3O2S/c1-3-14-10-17-15(22-14)11-19-16(20)18-9-12(2)21-13-7-5-4-6-8-13/h4-8,10,12H,3,9,11H2,1-2H3,(H2,18,19,20)/t12-/m0/s1. The van der Waals surface area contributed by atoms with E-state index in [9.17, 15) is 4.79 Å². The van der Waals surface area contributed by atoms with Crippen molar-refractivity contribution in [3.8, 4) is 5.75 Å². The summed E-state index contributed by atoms with van der Waals surface area (Å²) in [6, 6.07) is 9.35. The second-order valence-electron chi connectivity index (χ2n) is 4.88. The van der Waals surface area contributed by atoms with E-state index in [0.29, 0.717) is 13.1 Å². The molecular formula is C16H21N3O2S. The number of ether oxygens (including phenoxy) is 1. The highest BCUT2D eigenvalue weighted by molar-refractivity contribution is 7.11. The van der Waals surface area contributed by atoms with Crippen LogP contribution in [0.3, 0.4) is 0 Å². The minimum atomic E-state index is -0.211. The van der Waals surface area contributed by atoms with Crippen molar-refractivity contribution in [2.75, 3.05) is 6.54 Å². The van der Waals surface area contributed by atoms with Gasteiger partial charge in [0.25, 0.3) is 0 Å². The first-order valence-corrected chi connectivity index (χ1v) is 8.16. The molecule has 22 heavy (non-hydrogen) atoms. The SMILES string of the molecule is CCc1cnc(CNC(=O)NC[C@H](C)Oc2ccccc2)s1. The summed E-state index contributed by atoms with van der Waals surface area (Å²) < 4.78 is 5.69. The fourth-order valence-corrected chi connectivity index (χ4v) is 2.62. The molecule has 2 rings (SSSR count). The number of hydrogen-bond donors (Lipinski definition) is 2. The maximum atomic E-state index is 11.7. The van der Waals surface area contributed by atoms with Gasteiger partial charge in [0, 0.05) is 11.1 Å². The van der Waals surface area contributed by atoms with Crippen LogP contribution < -0.4 is 15.4 Å². The van der Waals surface area contributed by atoms with Gasteiger partial charge in [-0.15, -0.1) is 11.3 Å². The fraction of sp³-hybridized carbons (Fsp3) is 0.375. The zero-order chi connectivity index (χ0) is 15.8. The normalized spacial score (nSPS) is 11.7. The van der Waals surface area contributed by atoms with Crippen LogP contribution in [0, 0.1) is 0 Å². The largest absolute Gasteiger partial charge is 0.489 e. The van der Waals surface area contributed by atoms with Crippen LogP contribution >= 0.6 is 11.3 Å². The van der Waals surface area contributed by atoms with Gasteiger partial charge in [-0.2, -0.15) is 0 Å². The molecule has 2 amide bonds. The summed E-state index contributed by atoms with van der Waals surface area (Å²) in [5, 5.41) is 6.51. The molecule has 1 aromatic heterocycles. The van der Waals surface area contributed by atoms with Gasteiger partial charge in [0.2, 0.25) is 0 Å². The van der Waals surface area contributed by atoms with E-state index < -0.39 is 0 Å². The third kappa shape index (κ3) is 5.37. The van der Waals surface area contributed by atoms with Crippen LogP contribution in [0.2, 0.25) is 0 Å². The van der Waals surface area contributed by atoms with Crippen LogP contribution in [0.15, 0.2) is 36.5 Å². The van der Waals surface area contributed by atoms with Gasteiger partial charge in [0.15, 0.2) is 0 Å². The number of amides is 2. The van der Waals surface area contributed by atoms with E-state index in [1.807, 2.05) is 43.5 Å². The van der Waals surface area contributed by atoms with Gasteiger partial charge in [-0.3, -0.25) is 0 Å². The Morgan fingerprint density at radius 3 is 2.77 bits per heavy atom. The van der Waals surface area contributed by atoms with Crippen molar-refractivity contribution in [1.29, 1.82) is 0 Å². The predicted molar refractivity (Wildman–Crippen MR) is 88.3 cm³/mol. The molecule has 2 aromatic rings. The van der Waals surface area contributed by atoms with Crippen LogP contribution in [0.25, 0.3) is 0 Å². The Hall–Kier alpha value is -2.08. The van der Waals surface area contributed by atoms with Crippen molar-refractivity contribution in [2.24, 2.45) is 0 Å². The number of para-hydroxylation sites is 1. The zero-order valence-electron chi connectivity index (χ0n) is 12.8. The smallest absolute Gasteiger partial charge is 0.315 e. The molecule has 5 nitrogen and oxygen atoms in total. The summed E-state index contributed by atoms with van der Waals surface area (Å²) in [6.07, 6.45) is 2.73. The Bertz CT molecular complexity index is 586. The Labute approximate surface area is 134 Å². The minimum Gasteiger partial charge on any atom is -0.489 e. The van der Waals surface area contributed by atoms with Crippen molar-refractivity contribution in [2.45, 2.75) is 32.9 Å². The molecule has 0 aliphatic carbocycles. The molecule has 0 aliphatic heterocycles. The van der Waals surface area contributed by atoms with E-state index in [4.69, 9.17) is 4.74 Å². The Balaban J connectivity index is 1.66. The number of aryl methyl sites for hydroxylation is 1. The Kier molecular flexibility index (Phi) is 6.21. The second kappa shape index (κ2) is 8.38. The lowest BCUT2D eigenvalue weighted by Crippen LogP contribution is -2.40. The number of thiazole rings is 1. The Morgan fingerprint density at radius 2 is 2.09 bits per heavy atom. The number of benzene rings is 1. The summed E-state index contributed by atoms with van der Waals surface area (Å²) in [5.74, 6) is 0.798. The molecule has 1 aromatic carbocycles. The number of nitrogens with zero attached hydrogens (tertiary/aromatic N) is 1. The number of nitrogens with one attached hydrogen (secondary N) is 2. The number of urea groups is 1. The maximum Gasteiger partial charge on any atom is 0.315 e. The number of rotatable bonds is 7. The molecule has 1 atom stereocenters. The van der Waals surface area contributed by atoms with E-state index in [0.717, 1.165) is 17.2 Å². The summed E-state index contributed by atoms with van der Waals surface area (Å²) in [4.78, 5) is 17.2. The highest BCUT2D eigenvalue weighted by Crippen LogP contribution is 2.13. The second-order valence-corrected chi connectivity index (χ2v) is 6.08. The van der Waals surface area contributed by atoms with Gasteiger partial charge in [-0.1, -0.05) is 25.1 Å². The van der Waals surface area contributed by atoms with Gasteiger partial charge >= 0.3 is 6.03 Å². The third-order valence-corrected chi connectivity index (χ3v) is 4.12. The lowest BCUT2D eigenvalue weighted by atomic mass is 10.3. The lowest BCUT2D eigenvalue weighted by Gasteiger charge is -2.15. The van der Waals surface area contributed by atoms with Crippen molar-refractivity contribution in [1.82, 2.24) is 15.6 Å². The van der Waals surface area contributed by atoms with Gasteiger partial charge < -0.3 is 15.4 Å². The minimum absolute atomic E-state index is 0.0975. The molecule has 118 valence electrons. The van der Waals surface area contributed by atoms with Crippen LogP contribution in [0.5, 0.6) is 5.75 Å². The van der Waals surface area contributed by atoms with E-state index >= 15 is 0 Å². The third-order valence-electron chi connectivity index (χ3n) is 2.98. The molecule has 0 saturated carbocycles. The molecule has 0 unspecified atom stereocenters. The average molecular weight is 319 g/mol. The summed E-state index contributed by atoms with van der Waals surface area (Å²) in [7, 11) is 0. The van der Waals surface area contributed by atoms with E-state index in [2.05, 4.69) is 22.5 Å². The Morgan fingerprint density at radius 1 is 1.32 bits per heavy atom. The summed E-state index contributed by atoms with van der Waals surface area (Å²) >= 11 is 1.62. The fourth-order valence-electron chi connectivity index (χ4n) is 1.82. The summed E-state index contributed by atoms with van der Waals surface area (Å²) in [6.45, 7) is 4.90. The van der Waals surface area contributed by atoms with Gasteiger partial charge in [-0.25, -0.2) is 9.78 Å². The van der Waals surface area contributed by atoms with E-state index in [1.165, 1.54) is 4.88 Å². The first-order valence-electron chi connectivity index (χ1n) is 7.34. The molecule has 0 saturated heterocycles. The topological polar surface area (TPSA) is 63.2 Å².